The molecule has 3 aromatic rings. The van der Waals surface area contributed by atoms with Gasteiger partial charge in [0.05, 0.1) is 29.4 Å². The number of benzene rings is 2. The highest BCUT2D eigenvalue weighted by Crippen LogP contribution is 2.26. The fourth-order valence-corrected chi connectivity index (χ4v) is 3.56. The highest BCUT2D eigenvalue weighted by atomic mass is 35.5. The smallest absolute Gasteiger partial charge is 0.325 e. The van der Waals surface area contributed by atoms with E-state index < -0.39 is 18.6 Å². The molecule has 0 aliphatic carbocycles. The molecule has 1 amide bonds. The van der Waals surface area contributed by atoms with Crippen molar-refractivity contribution in [2.24, 2.45) is 0 Å². The quantitative estimate of drug-likeness (QED) is 0.503. The predicted octanol–water partition coefficient (Wildman–Crippen LogP) is 5.28. The highest BCUT2D eigenvalue weighted by molar-refractivity contribution is 6.33. The molecule has 0 unspecified atom stereocenters. The minimum absolute atomic E-state index is 0.0138. The summed E-state index contributed by atoms with van der Waals surface area (Å²) in [6, 6.07) is 15.6. The van der Waals surface area contributed by atoms with Gasteiger partial charge in [-0.25, -0.2) is 4.68 Å². The zero-order chi connectivity index (χ0) is 23.5. The molecule has 0 aliphatic heterocycles. The van der Waals surface area contributed by atoms with Crippen molar-refractivity contribution in [2.45, 2.75) is 33.1 Å². The SMILES string of the molecule is Cc1ccc(Cn2nc(C)c(C(=O)N(Cc3ccc(C#N)cc3)CC(F)(F)F)c2Cl)cc1. The Bertz CT molecular complexity index is 1150. The average molecular weight is 461 g/mol. The predicted molar refractivity (Wildman–Crippen MR) is 114 cm³/mol. The van der Waals surface area contributed by atoms with Crippen molar-refractivity contribution in [2.75, 3.05) is 6.54 Å². The maximum atomic E-state index is 13.2. The molecule has 0 bridgehead atoms. The first-order valence-corrected chi connectivity index (χ1v) is 10.1. The first-order chi connectivity index (χ1) is 15.1. The van der Waals surface area contributed by atoms with Crippen molar-refractivity contribution < 1.29 is 18.0 Å². The Kier molecular flexibility index (Phi) is 6.90. The van der Waals surface area contributed by atoms with Crippen LogP contribution in [0, 0.1) is 25.2 Å². The second-order valence-corrected chi connectivity index (χ2v) is 7.84. The van der Waals surface area contributed by atoms with E-state index in [1.165, 1.54) is 35.9 Å². The summed E-state index contributed by atoms with van der Waals surface area (Å²) < 4.78 is 41.1. The molecule has 0 N–H and O–H groups in total. The zero-order valence-electron chi connectivity index (χ0n) is 17.4. The molecule has 1 aromatic heterocycles. The molecule has 2 aromatic carbocycles. The fourth-order valence-electron chi connectivity index (χ4n) is 3.25. The normalized spacial score (nSPS) is 11.3. The van der Waals surface area contributed by atoms with Crippen LogP contribution in [0.1, 0.15) is 38.3 Å². The Morgan fingerprint density at radius 3 is 2.25 bits per heavy atom. The van der Waals surface area contributed by atoms with Crippen LogP contribution in [0.15, 0.2) is 48.5 Å². The van der Waals surface area contributed by atoms with Crippen LogP contribution in [0.25, 0.3) is 0 Å². The van der Waals surface area contributed by atoms with Gasteiger partial charge in [0.15, 0.2) is 0 Å². The van der Waals surface area contributed by atoms with Gasteiger partial charge >= 0.3 is 6.18 Å². The van der Waals surface area contributed by atoms with Crippen LogP contribution in [0.5, 0.6) is 0 Å². The lowest BCUT2D eigenvalue weighted by Crippen LogP contribution is -2.38. The molecular weight excluding hydrogens is 441 g/mol. The molecule has 0 spiro atoms. The van der Waals surface area contributed by atoms with Gasteiger partial charge in [-0.15, -0.1) is 0 Å². The largest absolute Gasteiger partial charge is 0.406 e. The molecule has 5 nitrogen and oxygen atoms in total. The second kappa shape index (κ2) is 9.45. The number of rotatable bonds is 6. The molecule has 0 fully saturated rings. The number of halogens is 4. The number of hydrogen-bond donors (Lipinski definition) is 0. The highest BCUT2D eigenvalue weighted by Gasteiger charge is 2.35. The molecule has 0 saturated carbocycles. The summed E-state index contributed by atoms with van der Waals surface area (Å²) in [5, 5.41) is 13.2. The van der Waals surface area contributed by atoms with Crippen molar-refractivity contribution in [1.82, 2.24) is 14.7 Å². The first kappa shape index (κ1) is 23.4. The van der Waals surface area contributed by atoms with Crippen LogP contribution in [0.3, 0.4) is 0 Å². The Labute approximate surface area is 188 Å². The van der Waals surface area contributed by atoms with E-state index >= 15 is 0 Å². The Morgan fingerprint density at radius 1 is 1.09 bits per heavy atom. The lowest BCUT2D eigenvalue weighted by Gasteiger charge is -2.24. The van der Waals surface area contributed by atoms with Crippen LogP contribution in [0.4, 0.5) is 13.2 Å². The number of carbonyl (C=O) groups excluding carboxylic acids is 1. The summed E-state index contributed by atoms with van der Waals surface area (Å²) in [4.78, 5) is 13.8. The van der Waals surface area contributed by atoms with Crippen LogP contribution >= 0.6 is 11.6 Å². The van der Waals surface area contributed by atoms with Gasteiger partial charge in [-0.3, -0.25) is 4.79 Å². The maximum absolute atomic E-state index is 13.2. The van der Waals surface area contributed by atoms with Gasteiger partial charge in [-0.2, -0.15) is 23.5 Å². The summed E-state index contributed by atoms with van der Waals surface area (Å²) in [5.74, 6) is -0.857. The molecule has 166 valence electrons. The van der Waals surface area contributed by atoms with Gasteiger partial charge in [0.25, 0.3) is 5.91 Å². The number of nitriles is 1. The molecule has 3 rings (SSSR count). The number of aromatic nitrogens is 2. The third kappa shape index (κ3) is 5.68. The van der Waals surface area contributed by atoms with Gasteiger partial charge in [0, 0.05) is 6.54 Å². The summed E-state index contributed by atoms with van der Waals surface area (Å²) in [6.45, 7) is 2.04. The number of amides is 1. The van der Waals surface area contributed by atoms with E-state index in [1.807, 2.05) is 37.3 Å². The fraction of sp³-hybridized carbons (Fsp3) is 0.261. The summed E-state index contributed by atoms with van der Waals surface area (Å²) in [5.41, 5.74) is 3.00. The van der Waals surface area contributed by atoms with Crippen molar-refractivity contribution in [3.05, 3.63) is 87.2 Å². The standard InChI is InChI=1S/C23H20ClF3N4O/c1-15-3-5-19(6-4-15)13-31-21(24)20(16(2)29-31)22(32)30(14-23(25,26)27)12-18-9-7-17(11-28)8-10-18/h3-10H,12-14H2,1-2H3. The van der Waals surface area contributed by atoms with Crippen LogP contribution in [-0.2, 0) is 13.1 Å². The van der Waals surface area contributed by atoms with Crippen LogP contribution < -0.4 is 0 Å². The third-order valence-corrected chi connectivity index (χ3v) is 5.23. The summed E-state index contributed by atoms with van der Waals surface area (Å²) in [7, 11) is 0. The van der Waals surface area contributed by atoms with Gasteiger partial charge < -0.3 is 4.90 Å². The molecule has 1 heterocycles. The average Bonchev–Trinajstić information content (AvgIpc) is 3.01. The molecule has 0 radical (unpaired) electrons. The van der Waals surface area contributed by atoms with E-state index in [0.717, 1.165) is 11.1 Å². The minimum Gasteiger partial charge on any atom is -0.325 e. The number of nitrogens with zero attached hydrogens (tertiary/aromatic N) is 4. The number of alkyl halides is 3. The summed E-state index contributed by atoms with van der Waals surface area (Å²) >= 11 is 6.40. The topological polar surface area (TPSA) is 61.9 Å². The molecular formula is C23H20ClF3N4O. The van der Waals surface area contributed by atoms with Crippen LogP contribution in [-0.4, -0.2) is 33.3 Å². The Balaban J connectivity index is 1.90. The summed E-state index contributed by atoms with van der Waals surface area (Å²) in [6.07, 6.45) is -4.60. The van der Waals surface area contributed by atoms with E-state index in [4.69, 9.17) is 16.9 Å². The monoisotopic (exact) mass is 460 g/mol. The van der Waals surface area contributed by atoms with Gasteiger partial charge in [-0.1, -0.05) is 53.6 Å². The number of hydrogen-bond acceptors (Lipinski definition) is 3. The van der Waals surface area contributed by atoms with Gasteiger partial charge in [0.2, 0.25) is 0 Å². The second-order valence-electron chi connectivity index (χ2n) is 7.48. The van der Waals surface area contributed by atoms with Crippen LogP contribution in [0.2, 0.25) is 5.15 Å². The Hall–Kier alpha value is -3.31. The molecule has 0 aliphatic rings. The molecule has 32 heavy (non-hydrogen) atoms. The van der Waals surface area contributed by atoms with Gasteiger partial charge in [-0.05, 0) is 37.1 Å². The van der Waals surface area contributed by atoms with E-state index in [1.54, 1.807) is 0 Å². The Morgan fingerprint density at radius 2 is 1.69 bits per heavy atom. The van der Waals surface area contributed by atoms with Crippen molar-refractivity contribution in [3.63, 3.8) is 0 Å². The van der Waals surface area contributed by atoms with E-state index in [9.17, 15) is 18.0 Å². The number of carbonyl (C=O) groups is 1. The van der Waals surface area contributed by atoms with Crippen molar-refractivity contribution in [1.29, 1.82) is 5.26 Å². The van der Waals surface area contributed by atoms with E-state index in [2.05, 4.69) is 5.10 Å². The maximum Gasteiger partial charge on any atom is 0.406 e. The first-order valence-electron chi connectivity index (χ1n) is 9.71. The minimum atomic E-state index is -4.60. The van der Waals surface area contributed by atoms with E-state index in [0.29, 0.717) is 16.0 Å². The molecule has 0 atom stereocenters. The third-order valence-electron chi connectivity index (χ3n) is 4.85. The number of aryl methyl sites for hydroxylation is 2. The van der Waals surface area contributed by atoms with E-state index in [-0.39, 0.29) is 29.5 Å². The molecule has 0 saturated heterocycles. The zero-order valence-corrected chi connectivity index (χ0v) is 18.2. The lowest BCUT2D eigenvalue weighted by atomic mass is 10.1. The van der Waals surface area contributed by atoms with Gasteiger partial charge in [0.1, 0.15) is 11.7 Å². The lowest BCUT2D eigenvalue weighted by molar-refractivity contribution is -0.141. The van der Waals surface area contributed by atoms with Crippen molar-refractivity contribution >= 4 is 17.5 Å². The molecule has 9 heteroatoms. The van der Waals surface area contributed by atoms with Crippen molar-refractivity contribution in [3.8, 4) is 6.07 Å².